The van der Waals surface area contributed by atoms with E-state index in [1.807, 2.05) is 0 Å². The third-order valence-electron chi connectivity index (χ3n) is 1.06. The molecule has 0 aliphatic heterocycles. The fourth-order valence-corrected chi connectivity index (χ4v) is 0.462. The third-order valence-corrected chi connectivity index (χ3v) is 1.06. The second-order valence-corrected chi connectivity index (χ2v) is 2.11. The van der Waals surface area contributed by atoms with Gasteiger partial charge in [-0.05, 0) is 13.0 Å². The van der Waals surface area contributed by atoms with Crippen LogP contribution in [0.2, 0.25) is 0 Å². The molecule has 6 heteroatoms. The second-order valence-electron chi connectivity index (χ2n) is 2.11. The maximum atomic E-state index is 12.1. The lowest BCUT2D eigenvalue weighted by Gasteiger charge is -1.95. The topological polar surface area (TPSA) is 47.6 Å². The molecule has 13 heavy (non-hydrogen) atoms. The largest absolute Gasteiger partial charge is 0.396 e. The molecule has 0 saturated heterocycles. The van der Waals surface area contributed by atoms with Crippen molar-refractivity contribution in [3.63, 3.8) is 0 Å². The Bertz CT molecular complexity index is 190. The Morgan fingerprint density at radius 2 is 2.08 bits per heavy atom. The minimum atomic E-state index is -2.31. The van der Waals surface area contributed by atoms with E-state index in [0.717, 1.165) is 0 Å². The van der Waals surface area contributed by atoms with Crippen molar-refractivity contribution in [3.8, 4) is 0 Å². The molecular formula is C7H11F3N2O. The Hall–Kier alpha value is -1.04. The number of halogens is 3. The first-order valence-corrected chi connectivity index (χ1v) is 3.72. The van der Waals surface area contributed by atoms with Crippen LogP contribution < -0.4 is 5.73 Å². The lowest BCUT2D eigenvalue weighted by atomic mass is 10.4. The van der Waals surface area contributed by atoms with Gasteiger partial charge in [-0.15, -0.1) is 0 Å². The van der Waals surface area contributed by atoms with Gasteiger partial charge in [-0.1, -0.05) is 5.16 Å². The lowest BCUT2D eigenvalue weighted by Crippen LogP contribution is -1.98. The molecule has 0 aromatic heterocycles. The molecule has 3 nitrogen and oxygen atoms in total. The minimum Gasteiger partial charge on any atom is -0.396 e. The molecule has 0 saturated carbocycles. The van der Waals surface area contributed by atoms with Crippen molar-refractivity contribution < 1.29 is 18.0 Å². The monoisotopic (exact) mass is 196 g/mol. The summed E-state index contributed by atoms with van der Waals surface area (Å²) in [6, 6.07) is 0. The molecule has 0 rings (SSSR count). The Morgan fingerprint density at radius 3 is 2.62 bits per heavy atom. The zero-order valence-electron chi connectivity index (χ0n) is 6.97. The Morgan fingerprint density at radius 1 is 1.38 bits per heavy atom. The van der Waals surface area contributed by atoms with Gasteiger partial charge in [0.1, 0.15) is 6.61 Å². The van der Waals surface area contributed by atoms with Crippen LogP contribution in [0.4, 0.5) is 13.2 Å². The molecule has 0 aromatic carbocycles. The second kappa shape index (κ2) is 7.60. The van der Waals surface area contributed by atoms with Crippen molar-refractivity contribution in [3.05, 3.63) is 11.9 Å². The average molecular weight is 196 g/mol. The number of hydrogen-bond acceptors (Lipinski definition) is 3. The highest BCUT2D eigenvalue weighted by molar-refractivity contribution is 5.56. The summed E-state index contributed by atoms with van der Waals surface area (Å²) in [5.41, 5.74) is 5.12. The van der Waals surface area contributed by atoms with E-state index in [2.05, 4.69) is 9.99 Å². The summed E-state index contributed by atoms with van der Waals surface area (Å²) >= 11 is 0. The fraction of sp³-hybridized carbons (Fsp3) is 0.571. The van der Waals surface area contributed by atoms with Crippen LogP contribution in [0, 0.1) is 0 Å². The van der Waals surface area contributed by atoms with Crippen LogP contribution in [0.25, 0.3) is 0 Å². The molecule has 2 N–H and O–H groups in total. The predicted molar refractivity (Wildman–Crippen MR) is 43.1 cm³/mol. The molecule has 0 aromatic rings. The average Bonchev–Trinajstić information content (AvgIpc) is 2.10. The molecule has 76 valence electrons. The first kappa shape index (κ1) is 12.0. The van der Waals surface area contributed by atoms with Gasteiger partial charge in [0.25, 0.3) is 0 Å². The quantitative estimate of drug-likeness (QED) is 0.400. The van der Waals surface area contributed by atoms with Gasteiger partial charge < -0.3 is 10.6 Å². The standard InChI is InChI=1S/C7H11F3N2O/c8-6(7(9)10)2-5-13-12-4-1-3-11/h4H,1-3,5,11H2/b12-4+. The minimum absolute atomic E-state index is 0.204. The molecule has 0 aliphatic carbocycles. The molecule has 0 bridgehead atoms. The zero-order chi connectivity index (χ0) is 10.1. The van der Waals surface area contributed by atoms with E-state index in [9.17, 15) is 13.2 Å². The normalized spacial score (nSPS) is 10.5. The van der Waals surface area contributed by atoms with Crippen molar-refractivity contribution in [2.24, 2.45) is 10.9 Å². The Labute approximate surface area is 74.0 Å². The van der Waals surface area contributed by atoms with Gasteiger partial charge in [-0.3, -0.25) is 0 Å². The molecular weight excluding hydrogens is 185 g/mol. The van der Waals surface area contributed by atoms with Crippen LogP contribution in [0.1, 0.15) is 12.8 Å². The molecule has 0 fully saturated rings. The zero-order valence-corrected chi connectivity index (χ0v) is 6.97. The lowest BCUT2D eigenvalue weighted by molar-refractivity contribution is 0.142. The maximum absolute atomic E-state index is 12.1. The summed E-state index contributed by atoms with van der Waals surface area (Å²) in [4.78, 5) is 4.46. The van der Waals surface area contributed by atoms with Crippen LogP contribution in [0.15, 0.2) is 17.1 Å². The van der Waals surface area contributed by atoms with E-state index in [-0.39, 0.29) is 6.61 Å². The summed E-state index contributed by atoms with van der Waals surface area (Å²) in [6.45, 7) is 0.227. The van der Waals surface area contributed by atoms with E-state index < -0.39 is 18.3 Å². The highest BCUT2D eigenvalue weighted by Gasteiger charge is 2.03. The molecule has 0 amide bonds. The van der Waals surface area contributed by atoms with Crippen LogP contribution >= 0.6 is 0 Å². The third kappa shape index (κ3) is 7.32. The first-order valence-electron chi connectivity index (χ1n) is 3.72. The molecule has 0 unspecified atom stereocenters. The number of hydrogen-bond donors (Lipinski definition) is 1. The van der Waals surface area contributed by atoms with E-state index in [1.165, 1.54) is 6.21 Å². The first-order chi connectivity index (χ1) is 6.18. The predicted octanol–water partition coefficient (Wildman–Crippen LogP) is 1.81. The Balaban J connectivity index is 3.41. The van der Waals surface area contributed by atoms with Crippen molar-refractivity contribution in [1.29, 1.82) is 0 Å². The fourth-order valence-electron chi connectivity index (χ4n) is 0.462. The van der Waals surface area contributed by atoms with Gasteiger partial charge in [0, 0.05) is 12.6 Å². The Kier molecular flexibility index (Phi) is 6.99. The maximum Gasteiger partial charge on any atom is 0.301 e. The summed E-state index contributed by atoms with van der Waals surface area (Å²) < 4.78 is 35.0. The van der Waals surface area contributed by atoms with Crippen LogP contribution in [0.3, 0.4) is 0 Å². The van der Waals surface area contributed by atoms with Crippen molar-refractivity contribution >= 4 is 6.21 Å². The van der Waals surface area contributed by atoms with Gasteiger partial charge in [-0.25, -0.2) is 4.39 Å². The number of nitrogens with two attached hydrogens (primary N) is 1. The molecule has 0 heterocycles. The van der Waals surface area contributed by atoms with Gasteiger partial charge in [-0.2, -0.15) is 8.78 Å². The summed E-state index contributed by atoms with van der Waals surface area (Å²) in [5.74, 6) is -1.46. The van der Waals surface area contributed by atoms with Crippen LogP contribution in [-0.4, -0.2) is 19.4 Å². The van der Waals surface area contributed by atoms with E-state index in [4.69, 9.17) is 5.73 Å². The number of nitrogens with zero attached hydrogens (tertiary/aromatic N) is 1. The van der Waals surface area contributed by atoms with E-state index in [1.54, 1.807) is 0 Å². The van der Waals surface area contributed by atoms with Crippen LogP contribution in [0.5, 0.6) is 0 Å². The van der Waals surface area contributed by atoms with Gasteiger partial charge in [0.05, 0.1) is 0 Å². The SMILES string of the molecule is NCC/C=N/OCCC(F)=C(F)F. The smallest absolute Gasteiger partial charge is 0.301 e. The van der Waals surface area contributed by atoms with E-state index >= 15 is 0 Å². The highest BCUT2D eigenvalue weighted by Crippen LogP contribution is 2.12. The van der Waals surface area contributed by atoms with Crippen molar-refractivity contribution in [2.45, 2.75) is 12.8 Å². The molecule has 0 aliphatic rings. The number of rotatable bonds is 6. The van der Waals surface area contributed by atoms with Gasteiger partial charge >= 0.3 is 6.08 Å². The van der Waals surface area contributed by atoms with Gasteiger partial charge in [0.2, 0.25) is 0 Å². The van der Waals surface area contributed by atoms with Crippen LogP contribution in [-0.2, 0) is 4.84 Å². The van der Waals surface area contributed by atoms with E-state index in [0.29, 0.717) is 13.0 Å². The molecule has 0 atom stereocenters. The summed E-state index contributed by atoms with van der Waals surface area (Å²) in [6.07, 6.45) is -0.847. The van der Waals surface area contributed by atoms with Gasteiger partial charge in [0.15, 0.2) is 5.83 Å². The summed E-state index contributed by atoms with van der Waals surface area (Å²) in [7, 11) is 0. The number of oxime groups is 1. The van der Waals surface area contributed by atoms with Crippen molar-refractivity contribution in [2.75, 3.05) is 13.2 Å². The highest BCUT2D eigenvalue weighted by atomic mass is 19.3. The molecule has 0 radical (unpaired) electrons. The van der Waals surface area contributed by atoms with Crippen molar-refractivity contribution in [1.82, 2.24) is 0 Å². The summed E-state index contributed by atoms with van der Waals surface area (Å²) in [5, 5.41) is 3.35. The molecule has 0 spiro atoms.